The van der Waals surface area contributed by atoms with Gasteiger partial charge in [0.15, 0.2) is 0 Å². The van der Waals surface area contributed by atoms with Gasteiger partial charge in [0, 0.05) is 16.8 Å². The molecule has 0 heterocycles. The predicted octanol–water partition coefficient (Wildman–Crippen LogP) is 3.97. The fourth-order valence-electron chi connectivity index (χ4n) is 1.67. The van der Waals surface area contributed by atoms with Crippen LogP contribution in [0.2, 0.25) is 5.02 Å². The molecule has 0 bridgehead atoms. The van der Waals surface area contributed by atoms with E-state index in [1.54, 1.807) is 43.3 Å². The Hall–Kier alpha value is -2.33. The zero-order valence-corrected chi connectivity index (χ0v) is 12.2. The molecular weight excluding hydrogens is 290 g/mol. The summed E-state index contributed by atoms with van der Waals surface area (Å²) in [6, 6.07) is 11.4. The minimum Gasteiger partial charge on any atom is -0.507 e. The first-order valence-electron chi connectivity index (χ1n) is 6.40. The number of nitrogens with zero attached hydrogens (tertiary/aromatic N) is 1. The molecule has 0 spiro atoms. The molecular formula is C16H14ClNO3. The molecule has 0 aromatic heterocycles. The molecule has 1 N–H and O–H groups in total. The van der Waals surface area contributed by atoms with Gasteiger partial charge in [-0.05, 0) is 49.4 Å². The molecule has 21 heavy (non-hydrogen) atoms. The van der Waals surface area contributed by atoms with Gasteiger partial charge in [-0.15, -0.1) is 0 Å². The highest BCUT2D eigenvalue weighted by atomic mass is 35.5. The van der Waals surface area contributed by atoms with Gasteiger partial charge in [0.1, 0.15) is 5.75 Å². The van der Waals surface area contributed by atoms with Crippen LogP contribution in [0.3, 0.4) is 0 Å². The van der Waals surface area contributed by atoms with Crippen LogP contribution in [0.15, 0.2) is 47.5 Å². The fraction of sp³-hybridized carbons (Fsp3) is 0.125. The lowest BCUT2D eigenvalue weighted by Crippen LogP contribution is -2.03. The van der Waals surface area contributed by atoms with E-state index in [0.29, 0.717) is 28.4 Å². The quantitative estimate of drug-likeness (QED) is 0.686. The molecule has 0 saturated carbocycles. The number of hydrogen-bond donors (Lipinski definition) is 1. The molecule has 2 aromatic rings. The second-order valence-electron chi connectivity index (χ2n) is 4.23. The lowest BCUT2D eigenvalue weighted by Gasteiger charge is -2.02. The van der Waals surface area contributed by atoms with Crippen molar-refractivity contribution in [1.82, 2.24) is 0 Å². The number of carbonyl (C=O) groups is 1. The van der Waals surface area contributed by atoms with Crippen molar-refractivity contribution < 1.29 is 14.6 Å². The van der Waals surface area contributed by atoms with Gasteiger partial charge in [0.25, 0.3) is 0 Å². The number of aromatic hydroxyl groups is 1. The van der Waals surface area contributed by atoms with Crippen LogP contribution in [0.25, 0.3) is 0 Å². The predicted molar refractivity (Wildman–Crippen MR) is 82.8 cm³/mol. The fourth-order valence-corrected chi connectivity index (χ4v) is 1.85. The van der Waals surface area contributed by atoms with E-state index in [2.05, 4.69) is 4.99 Å². The number of phenols is 1. The van der Waals surface area contributed by atoms with Crippen molar-refractivity contribution in [3.05, 3.63) is 58.6 Å². The summed E-state index contributed by atoms with van der Waals surface area (Å²) in [5.41, 5.74) is 1.65. The van der Waals surface area contributed by atoms with Gasteiger partial charge in [-0.1, -0.05) is 11.6 Å². The van der Waals surface area contributed by atoms with Crippen LogP contribution in [0.1, 0.15) is 22.8 Å². The number of rotatable bonds is 4. The molecule has 0 amide bonds. The van der Waals surface area contributed by atoms with Crippen molar-refractivity contribution in [3.63, 3.8) is 0 Å². The van der Waals surface area contributed by atoms with E-state index in [4.69, 9.17) is 16.3 Å². The van der Waals surface area contributed by atoms with Gasteiger partial charge >= 0.3 is 5.97 Å². The second kappa shape index (κ2) is 6.90. The minimum absolute atomic E-state index is 0.103. The van der Waals surface area contributed by atoms with Crippen molar-refractivity contribution in [2.45, 2.75) is 6.92 Å². The molecule has 0 fully saturated rings. The highest BCUT2D eigenvalue weighted by Crippen LogP contribution is 2.21. The van der Waals surface area contributed by atoms with Crippen LogP contribution in [0.4, 0.5) is 5.69 Å². The van der Waals surface area contributed by atoms with Gasteiger partial charge in [0.2, 0.25) is 0 Å². The molecule has 5 heteroatoms. The van der Waals surface area contributed by atoms with Crippen LogP contribution in [0, 0.1) is 0 Å². The van der Waals surface area contributed by atoms with Crippen molar-refractivity contribution in [2.75, 3.05) is 6.61 Å². The normalized spacial score (nSPS) is 10.8. The van der Waals surface area contributed by atoms with E-state index in [9.17, 15) is 9.90 Å². The van der Waals surface area contributed by atoms with E-state index in [1.165, 1.54) is 12.3 Å². The number of benzene rings is 2. The van der Waals surface area contributed by atoms with Gasteiger partial charge < -0.3 is 9.84 Å². The van der Waals surface area contributed by atoms with Crippen molar-refractivity contribution >= 4 is 29.5 Å². The minimum atomic E-state index is -0.361. The Bertz CT molecular complexity index is 666. The summed E-state index contributed by atoms with van der Waals surface area (Å²) in [7, 11) is 0. The Balaban J connectivity index is 2.14. The smallest absolute Gasteiger partial charge is 0.338 e. The summed E-state index contributed by atoms with van der Waals surface area (Å²) in [6.45, 7) is 2.10. The zero-order valence-electron chi connectivity index (χ0n) is 11.4. The molecule has 0 saturated heterocycles. The Morgan fingerprint density at radius 1 is 1.29 bits per heavy atom. The molecule has 0 aliphatic rings. The molecule has 0 radical (unpaired) electrons. The molecule has 0 aliphatic carbocycles. The molecule has 0 aliphatic heterocycles. The van der Waals surface area contributed by atoms with Crippen LogP contribution in [0.5, 0.6) is 5.75 Å². The number of aliphatic imine (C=N–C) groups is 1. The largest absolute Gasteiger partial charge is 0.507 e. The molecule has 0 unspecified atom stereocenters. The van der Waals surface area contributed by atoms with Gasteiger partial charge in [-0.25, -0.2) is 4.79 Å². The molecule has 4 nitrogen and oxygen atoms in total. The topological polar surface area (TPSA) is 58.9 Å². The Labute approximate surface area is 127 Å². The number of phenolic OH excluding ortho intramolecular Hbond substituents is 1. The second-order valence-corrected chi connectivity index (χ2v) is 4.67. The van der Waals surface area contributed by atoms with Crippen molar-refractivity contribution in [2.24, 2.45) is 4.99 Å². The third kappa shape index (κ3) is 4.07. The van der Waals surface area contributed by atoms with Crippen LogP contribution in [-0.2, 0) is 4.74 Å². The Kier molecular flexibility index (Phi) is 4.95. The highest BCUT2D eigenvalue weighted by molar-refractivity contribution is 6.30. The standard InChI is InChI=1S/C16H14ClNO3/c1-2-21-16(20)11-3-6-14(7-4-11)18-10-12-9-13(17)5-8-15(12)19/h3-10,19H,2H2,1H3/b18-10+. The summed E-state index contributed by atoms with van der Waals surface area (Å²) in [5, 5.41) is 10.2. The third-order valence-corrected chi connectivity index (χ3v) is 2.96. The maximum Gasteiger partial charge on any atom is 0.338 e. The van der Waals surface area contributed by atoms with Crippen LogP contribution < -0.4 is 0 Å². The first-order valence-corrected chi connectivity index (χ1v) is 6.77. The first-order chi connectivity index (χ1) is 10.1. The zero-order chi connectivity index (χ0) is 15.2. The molecule has 108 valence electrons. The van der Waals surface area contributed by atoms with E-state index in [0.717, 1.165) is 0 Å². The van der Waals surface area contributed by atoms with E-state index in [1.807, 2.05) is 0 Å². The summed E-state index contributed by atoms with van der Waals surface area (Å²) in [6.07, 6.45) is 1.51. The van der Waals surface area contributed by atoms with Crippen molar-refractivity contribution in [1.29, 1.82) is 0 Å². The van der Waals surface area contributed by atoms with Gasteiger partial charge in [-0.3, -0.25) is 4.99 Å². The average Bonchev–Trinajstić information content (AvgIpc) is 2.49. The van der Waals surface area contributed by atoms with E-state index >= 15 is 0 Å². The Morgan fingerprint density at radius 2 is 2.00 bits per heavy atom. The lowest BCUT2D eigenvalue weighted by atomic mass is 10.2. The number of hydrogen-bond acceptors (Lipinski definition) is 4. The van der Waals surface area contributed by atoms with Gasteiger partial charge in [0.05, 0.1) is 17.9 Å². The monoisotopic (exact) mass is 303 g/mol. The summed E-state index contributed by atoms with van der Waals surface area (Å²) < 4.78 is 4.90. The lowest BCUT2D eigenvalue weighted by molar-refractivity contribution is 0.0526. The maximum atomic E-state index is 11.5. The molecule has 2 aromatic carbocycles. The van der Waals surface area contributed by atoms with Gasteiger partial charge in [-0.2, -0.15) is 0 Å². The summed E-state index contributed by atoms with van der Waals surface area (Å²) in [4.78, 5) is 15.7. The van der Waals surface area contributed by atoms with Crippen LogP contribution >= 0.6 is 11.6 Å². The number of carbonyl (C=O) groups excluding carboxylic acids is 1. The summed E-state index contributed by atoms with van der Waals surface area (Å²) in [5.74, 6) is -0.258. The first kappa shape index (κ1) is 15.1. The molecule has 2 rings (SSSR count). The average molecular weight is 304 g/mol. The number of esters is 1. The third-order valence-electron chi connectivity index (χ3n) is 2.72. The van der Waals surface area contributed by atoms with Crippen molar-refractivity contribution in [3.8, 4) is 5.75 Å². The summed E-state index contributed by atoms with van der Waals surface area (Å²) >= 11 is 5.86. The molecule has 0 atom stereocenters. The highest BCUT2D eigenvalue weighted by Gasteiger charge is 2.05. The van der Waals surface area contributed by atoms with E-state index in [-0.39, 0.29) is 11.7 Å². The maximum absolute atomic E-state index is 11.5. The SMILES string of the molecule is CCOC(=O)c1ccc(/N=C/c2cc(Cl)ccc2O)cc1. The van der Waals surface area contributed by atoms with Crippen LogP contribution in [-0.4, -0.2) is 23.9 Å². The van der Waals surface area contributed by atoms with E-state index < -0.39 is 0 Å². The number of ether oxygens (including phenoxy) is 1. The number of halogens is 1. The Morgan fingerprint density at radius 3 is 2.67 bits per heavy atom.